The molecule has 0 amide bonds. The quantitative estimate of drug-likeness (QED) is 0.364. The van der Waals surface area contributed by atoms with Crippen molar-refractivity contribution in [2.45, 2.75) is 26.7 Å². The molecule has 0 atom stereocenters. The van der Waals surface area contributed by atoms with Gasteiger partial charge in [-0.25, -0.2) is 4.98 Å². The van der Waals surface area contributed by atoms with Crippen molar-refractivity contribution < 1.29 is 4.74 Å². The monoisotopic (exact) mass is 435 g/mol. The fourth-order valence-corrected chi connectivity index (χ4v) is 4.16. The van der Waals surface area contributed by atoms with Gasteiger partial charge in [-0.2, -0.15) is 0 Å². The van der Waals surface area contributed by atoms with Crippen LogP contribution in [0.2, 0.25) is 0 Å². The fraction of sp³-hybridized carbons (Fsp3) is 0.185. The summed E-state index contributed by atoms with van der Waals surface area (Å²) in [4.78, 5) is 18.3. The molecule has 0 N–H and O–H groups in total. The van der Waals surface area contributed by atoms with E-state index < -0.39 is 0 Å². The summed E-state index contributed by atoms with van der Waals surface area (Å²) in [6, 6.07) is 12.3. The lowest BCUT2D eigenvalue weighted by molar-refractivity contribution is 0.415. The van der Waals surface area contributed by atoms with Crippen LogP contribution < -0.4 is 4.74 Å². The van der Waals surface area contributed by atoms with Crippen molar-refractivity contribution in [2.75, 3.05) is 7.11 Å². The number of hydrogen-bond donors (Lipinski definition) is 0. The predicted octanol–water partition coefficient (Wildman–Crippen LogP) is 5.26. The average molecular weight is 436 g/mol. The van der Waals surface area contributed by atoms with Crippen LogP contribution in [0.3, 0.4) is 0 Å². The van der Waals surface area contributed by atoms with Gasteiger partial charge in [-0.1, -0.05) is 18.2 Å². The molecule has 0 unspecified atom stereocenters. The molecule has 0 saturated heterocycles. The molecule has 0 aliphatic rings. The molecule has 6 nitrogen and oxygen atoms in total. The summed E-state index contributed by atoms with van der Waals surface area (Å²) in [6.45, 7) is 4.14. The Morgan fingerprint density at radius 2 is 1.79 bits per heavy atom. The maximum Gasteiger partial charge on any atom is 0.159 e. The molecule has 4 aromatic heterocycles. The highest BCUT2D eigenvalue weighted by molar-refractivity contribution is 5.66. The number of aromatic nitrogens is 5. The highest BCUT2D eigenvalue weighted by Gasteiger charge is 2.12. The van der Waals surface area contributed by atoms with Crippen LogP contribution in [0.4, 0.5) is 0 Å². The third-order valence-corrected chi connectivity index (χ3v) is 5.80. The van der Waals surface area contributed by atoms with Crippen molar-refractivity contribution in [1.29, 1.82) is 0 Å². The van der Waals surface area contributed by atoms with E-state index in [-0.39, 0.29) is 0 Å². The Bertz CT molecular complexity index is 1440. The molecule has 0 fully saturated rings. The summed E-state index contributed by atoms with van der Waals surface area (Å²) < 4.78 is 7.47. The van der Waals surface area contributed by atoms with Crippen LogP contribution in [0, 0.1) is 13.8 Å². The van der Waals surface area contributed by atoms with Crippen molar-refractivity contribution in [2.24, 2.45) is 0 Å². The second kappa shape index (κ2) is 8.82. The average Bonchev–Trinajstić information content (AvgIpc) is 3.28. The van der Waals surface area contributed by atoms with E-state index in [1.807, 2.05) is 62.3 Å². The van der Waals surface area contributed by atoms with E-state index >= 15 is 0 Å². The molecule has 0 saturated carbocycles. The fourth-order valence-electron chi connectivity index (χ4n) is 4.16. The zero-order chi connectivity index (χ0) is 22.8. The zero-order valence-electron chi connectivity index (χ0n) is 19.0. The lowest BCUT2D eigenvalue weighted by Crippen LogP contribution is -2.01. The van der Waals surface area contributed by atoms with Gasteiger partial charge in [0.05, 0.1) is 30.4 Å². The molecule has 5 rings (SSSR count). The van der Waals surface area contributed by atoms with Gasteiger partial charge in [0.25, 0.3) is 0 Å². The van der Waals surface area contributed by atoms with Crippen molar-refractivity contribution in [1.82, 2.24) is 24.3 Å². The molecule has 33 heavy (non-hydrogen) atoms. The van der Waals surface area contributed by atoms with Gasteiger partial charge in [-0.05, 0) is 61.6 Å². The van der Waals surface area contributed by atoms with Crippen LogP contribution >= 0.6 is 0 Å². The number of imidazole rings is 1. The lowest BCUT2D eigenvalue weighted by Gasteiger charge is -2.09. The number of fused-ring (bicyclic) bond motifs is 1. The third-order valence-electron chi connectivity index (χ3n) is 5.80. The molecular weight excluding hydrogens is 410 g/mol. The van der Waals surface area contributed by atoms with E-state index in [0.29, 0.717) is 0 Å². The Labute approximate surface area is 193 Å². The molecule has 0 radical (unpaired) electrons. The summed E-state index contributed by atoms with van der Waals surface area (Å²) in [6.07, 6.45) is 13.0. The van der Waals surface area contributed by atoms with Crippen LogP contribution in [0.1, 0.15) is 22.4 Å². The first kappa shape index (κ1) is 20.8. The highest BCUT2D eigenvalue weighted by Crippen LogP contribution is 2.26. The summed E-state index contributed by atoms with van der Waals surface area (Å²) in [7, 11) is 1.68. The van der Waals surface area contributed by atoms with Gasteiger partial charge in [-0.3, -0.25) is 19.4 Å². The van der Waals surface area contributed by atoms with Crippen molar-refractivity contribution in [3.8, 4) is 28.3 Å². The van der Waals surface area contributed by atoms with Gasteiger partial charge in [0.15, 0.2) is 5.65 Å². The predicted molar refractivity (Wildman–Crippen MR) is 129 cm³/mol. The van der Waals surface area contributed by atoms with Gasteiger partial charge in [-0.15, -0.1) is 0 Å². The molecule has 0 spiro atoms. The molecule has 4 heterocycles. The van der Waals surface area contributed by atoms with Gasteiger partial charge in [0.1, 0.15) is 5.75 Å². The zero-order valence-corrected chi connectivity index (χ0v) is 19.0. The minimum atomic E-state index is 0.783. The smallest absolute Gasteiger partial charge is 0.159 e. The van der Waals surface area contributed by atoms with Gasteiger partial charge < -0.3 is 4.74 Å². The summed E-state index contributed by atoms with van der Waals surface area (Å²) in [5, 5.41) is 0. The van der Waals surface area contributed by atoms with E-state index in [9.17, 15) is 0 Å². The number of benzene rings is 1. The van der Waals surface area contributed by atoms with E-state index in [0.717, 1.165) is 63.6 Å². The molecule has 6 heteroatoms. The number of hydrogen-bond acceptors (Lipinski definition) is 5. The van der Waals surface area contributed by atoms with Crippen molar-refractivity contribution in [3.63, 3.8) is 0 Å². The van der Waals surface area contributed by atoms with Crippen LogP contribution in [-0.4, -0.2) is 31.4 Å². The minimum Gasteiger partial charge on any atom is -0.497 e. The highest BCUT2D eigenvalue weighted by atomic mass is 16.5. The first-order valence-corrected chi connectivity index (χ1v) is 11.0. The van der Waals surface area contributed by atoms with E-state index in [2.05, 4.69) is 44.5 Å². The molecule has 164 valence electrons. The third kappa shape index (κ3) is 4.20. The van der Waals surface area contributed by atoms with Crippen LogP contribution in [0.25, 0.3) is 28.2 Å². The SMILES string of the molecule is COc1cccc(-c2cnc3c(CCc4cnc(-c5cncc(C)c5)c(C)c4)nccn23)c1. The van der Waals surface area contributed by atoms with Crippen molar-refractivity contribution >= 4 is 5.65 Å². The number of nitrogens with zero attached hydrogens (tertiary/aromatic N) is 5. The first-order valence-electron chi connectivity index (χ1n) is 11.0. The van der Waals surface area contributed by atoms with E-state index in [1.54, 1.807) is 7.11 Å². The van der Waals surface area contributed by atoms with Crippen LogP contribution in [0.15, 0.2) is 73.6 Å². The summed E-state index contributed by atoms with van der Waals surface area (Å²) >= 11 is 0. The van der Waals surface area contributed by atoms with E-state index in [4.69, 9.17) is 9.72 Å². The van der Waals surface area contributed by atoms with Gasteiger partial charge in [0, 0.05) is 42.1 Å². The largest absolute Gasteiger partial charge is 0.497 e. The number of ether oxygens (including phenoxy) is 1. The van der Waals surface area contributed by atoms with E-state index in [1.165, 1.54) is 5.56 Å². The molecule has 1 aromatic carbocycles. The second-order valence-corrected chi connectivity index (χ2v) is 8.20. The Hall–Kier alpha value is -4.06. The summed E-state index contributed by atoms with van der Waals surface area (Å²) in [5.74, 6) is 0.824. The van der Waals surface area contributed by atoms with Crippen LogP contribution in [-0.2, 0) is 12.8 Å². The summed E-state index contributed by atoms with van der Waals surface area (Å²) in [5.41, 5.74) is 9.40. The molecule has 0 bridgehead atoms. The molecule has 5 aromatic rings. The number of rotatable bonds is 6. The Morgan fingerprint density at radius 1 is 0.879 bits per heavy atom. The maximum atomic E-state index is 5.38. The minimum absolute atomic E-state index is 0.783. The van der Waals surface area contributed by atoms with Gasteiger partial charge >= 0.3 is 0 Å². The maximum absolute atomic E-state index is 5.38. The van der Waals surface area contributed by atoms with Crippen molar-refractivity contribution in [3.05, 3.63) is 96.0 Å². The Morgan fingerprint density at radius 3 is 2.61 bits per heavy atom. The topological polar surface area (TPSA) is 65.2 Å². The standard InChI is InChI=1S/C27H25N5O/c1-18-11-22(16-28-14-18)26-19(2)12-20(15-30-26)7-8-24-27-31-17-25(32(27)10-9-29-24)21-5-4-6-23(13-21)33-3/h4-6,9-17H,7-8H2,1-3H3. The number of methoxy groups -OCH3 is 1. The normalized spacial score (nSPS) is 11.1. The van der Waals surface area contributed by atoms with Crippen LogP contribution in [0.5, 0.6) is 5.75 Å². The first-order chi connectivity index (χ1) is 16.1. The second-order valence-electron chi connectivity index (χ2n) is 8.20. The number of aryl methyl sites for hydroxylation is 4. The van der Waals surface area contributed by atoms with Gasteiger partial charge in [0.2, 0.25) is 0 Å². The molecular formula is C27H25N5O. The number of pyridine rings is 2. The Balaban J connectivity index is 1.39. The molecule has 0 aliphatic heterocycles. The lowest BCUT2D eigenvalue weighted by atomic mass is 10.0. The molecule has 0 aliphatic carbocycles. The Kier molecular flexibility index (Phi) is 5.57.